The highest BCUT2D eigenvalue weighted by atomic mass is 35.5. The Balaban J connectivity index is 0.00000200. The second-order valence-corrected chi connectivity index (χ2v) is 5.46. The molecule has 1 aromatic rings. The number of rotatable bonds is 4. The first-order chi connectivity index (χ1) is 9.08. The van der Waals surface area contributed by atoms with E-state index in [0.29, 0.717) is 0 Å². The molecule has 0 saturated carbocycles. The average molecular weight is 335 g/mol. The third-order valence-electron chi connectivity index (χ3n) is 3.73. The summed E-state index contributed by atoms with van der Waals surface area (Å²) in [6, 6.07) is 5.34. The van der Waals surface area contributed by atoms with Crippen LogP contribution < -0.4 is 5.32 Å². The summed E-state index contributed by atoms with van der Waals surface area (Å²) >= 11 is 0. The predicted molar refractivity (Wildman–Crippen MR) is 92.2 cm³/mol. The van der Waals surface area contributed by atoms with Crippen molar-refractivity contribution < 1.29 is 4.39 Å². The Labute approximate surface area is 139 Å². The number of halogens is 3. The van der Waals surface area contributed by atoms with Gasteiger partial charge in [-0.3, -0.25) is 4.90 Å². The van der Waals surface area contributed by atoms with Crippen molar-refractivity contribution in [1.82, 2.24) is 10.2 Å². The van der Waals surface area contributed by atoms with Crippen molar-refractivity contribution >= 4 is 24.8 Å². The molecule has 1 aromatic carbocycles. The third-order valence-corrected chi connectivity index (χ3v) is 3.73. The molecule has 1 aliphatic rings. The minimum Gasteiger partial charge on any atom is -0.314 e. The Morgan fingerprint density at radius 3 is 2.52 bits per heavy atom. The van der Waals surface area contributed by atoms with Crippen molar-refractivity contribution in [2.45, 2.75) is 26.3 Å². The van der Waals surface area contributed by atoms with Crippen molar-refractivity contribution in [3.63, 3.8) is 0 Å². The molecule has 21 heavy (non-hydrogen) atoms. The van der Waals surface area contributed by atoms with Crippen LogP contribution in [0, 0.1) is 12.7 Å². The summed E-state index contributed by atoms with van der Waals surface area (Å²) in [7, 11) is 0. The number of piperazine rings is 1. The fraction of sp³-hybridized carbons (Fsp3) is 0.500. The van der Waals surface area contributed by atoms with Gasteiger partial charge in [-0.2, -0.15) is 0 Å². The molecule has 0 amide bonds. The monoisotopic (exact) mass is 334 g/mol. The highest BCUT2D eigenvalue weighted by Gasteiger charge is 2.23. The highest BCUT2D eigenvalue weighted by Crippen LogP contribution is 2.30. The zero-order chi connectivity index (χ0) is 13.8. The van der Waals surface area contributed by atoms with E-state index in [1.54, 1.807) is 6.07 Å². The van der Waals surface area contributed by atoms with E-state index in [4.69, 9.17) is 0 Å². The van der Waals surface area contributed by atoms with Crippen LogP contribution in [-0.4, -0.2) is 31.1 Å². The quantitative estimate of drug-likeness (QED) is 0.840. The number of nitrogens with one attached hydrogen (secondary N) is 1. The lowest BCUT2D eigenvalue weighted by molar-refractivity contribution is 0.171. The van der Waals surface area contributed by atoms with Crippen LogP contribution in [0.1, 0.15) is 30.5 Å². The standard InChI is InChI=1S/C16H23FN2.2ClH/c1-12(2)10-16(19-8-6-18-7-9-19)15-11-14(17)5-4-13(15)3;;/h4-5,11,16,18H,1,6-10H2,2-3H3;2*1H/t16-;;/m0../s1. The smallest absolute Gasteiger partial charge is 0.123 e. The van der Waals surface area contributed by atoms with Gasteiger partial charge in [-0.25, -0.2) is 4.39 Å². The summed E-state index contributed by atoms with van der Waals surface area (Å²) in [4.78, 5) is 2.44. The molecule has 2 nitrogen and oxygen atoms in total. The van der Waals surface area contributed by atoms with Gasteiger partial charge in [0.05, 0.1) is 0 Å². The zero-order valence-electron chi connectivity index (χ0n) is 12.7. The number of benzene rings is 1. The lowest BCUT2D eigenvalue weighted by Gasteiger charge is -2.36. The molecule has 2 rings (SSSR count). The molecule has 0 bridgehead atoms. The maximum atomic E-state index is 13.6. The van der Waals surface area contributed by atoms with E-state index < -0.39 is 0 Å². The summed E-state index contributed by atoms with van der Waals surface area (Å²) in [5.74, 6) is -0.151. The number of hydrogen-bond acceptors (Lipinski definition) is 2. The second-order valence-electron chi connectivity index (χ2n) is 5.46. The predicted octanol–water partition coefficient (Wildman–Crippen LogP) is 3.89. The second kappa shape index (κ2) is 9.42. The maximum absolute atomic E-state index is 13.6. The molecule has 120 valence electrons. The van der Waals surface area contributed by atoms with Crippen LogP contribution in [-0.2, 0) is 0 Å². The topological polar surface area (TPSA) is 15.3 Å². The lowest BCUT2D eigenvalue weighted by atomic mass is 9.94. The van der Waals surface area contributed by atoms with E-state index >= 15 is 0 Å². The SMILES string of the molecule is C=C(C)C[C@@H](c1cc(F)ccc1C)N1CCNCC1.Cl.Cl. The minimum atomic E-state index is -0.151. The molecule has 0 spiro atoms. The Morgan fingerprint density at radius 1 is 1.33 bits per heavy atom. The van der Waals surface area contributed by atoms with E-state index in [2.05, 4.69) is 23.7 Å². The summed E-state index contributed by atoms with van der Waals surface area (Å²) in [5, 5.41) is 3.36. The highest BCUT2D eigenvalue weighted by molar-refractivity contribution is 5.85. The molecule has 1 atom stereocenters. The van der Waals surface area contributed by atoms with Gasteiger partial charge in [0.1, 0.15) is 5.82 Å². The Morgan fingerprint density at radius 2 is 1.95 bits per heavy atom. The van der Waals surface area contributed by atoms with Gasteiger partial charge in [-0.1, -0.05) is 11.6 Å². The molecule has 1 aliphatic heterocycles. The van der Waals surface area contributed by atoms with E-state index in [0.717, 1.165) is 49.3 Å². The van der Waals surface area contributed by atoms with Crippen LogP contribution in [0.3, 0.4) is 0 Å². The Kier molecular flexibility index (Phi) is 9.14. The molecule has 1 fully saturated rings. The summed E-state index contributed by atoms with van der Waals surface area (Å²) in [6.45, 7) is 12.2. The van der Waals surface area contributed by atoms with Gasteiger partial charge in [-0.15, -0.1) is 31.4 Å². The lowest BCUT2D eigenvalue weighted by Crippen LogP contribution is -2.45. The molecule has 0 aliphatic carbocycles. The van der Waals surface area contributed by atoms with Gasteiger partial charge in [0, 0.05) is 32.2 Å². The molecule has 5 heteroatoms. The van der Waals surface area contributed by atoms with E-state index in [9.17, 15) is 4.39 Å². The Hall–Kier alpha value is -0.610. The van der Waals surface area contributed by atoms with Crippen molar-refractivity contribution in [3.05, 3.63) is 47.3 Å². The van der Waals surface area contributed by atoms with Crippen LogP contribution in [0.15, 0.2) is 30.4 Å². The van der Waals surface area contributed by atoms with Crippen molar-refractivity contribution in [1.29, 1.82) is 0 Å². The van der Waals surface area contributed by atoms with Gasteiger partial charge < -0.3 is 5.32 Å². The first-order valence-electron chi connectivity index (χ1n) is 6.93. The van der Waals surface area contributed by atoms with Crippen molar-refractivity contribution in [2.24, 2.45) is 0 Å². The van der Waals surface area contributed by atoms with Crippen LogP contribution >= 0.6 is 24.8 Å². The first-order valence-corrected chi connectivity index (χ1v) is 6.93. The fourth-order valence-corrected chi connectivity index (χ4v) is 2.73. The van der Waals surface area contributed by atoms with Crippen molar-refractivity contribution in [3.8, 4) is 0 Å². The maximum Gasteiger partial charge on any atom is 0.123 e. The van der Waals surface area contributed by atoms with E-state index in [1.807, 2.05) is 13.0 Å². The van der Waals surface area contributed by atoms with Crippen LogP contribution in [0.4, 0.5) is 4.39 Å². The van der Waals surface area contributed by atoms with E-state index in [1.165, 1.54) is 6.07 Å². The third kappa shape index (κ3) is 5.59. The molecule has 1 saturated heterocycles. The first kappa shape index (κ1) is 20.4. The molecule has 0 unspecified atom stereocenters. The van der Waals surface area contributed by atoms with Gasteiger partial charge >= 0.3 is 0 Å². The molecule has 0 aromatic heterocycles. The van der Waals surface area contributed by atoms with Crippen LogP contribution in [0.2, 0.25) is 0 Å². The van der Waals surface area contributed by atoms with Gasteiger partial charge in [0.25, 0.3) is 0 Å². The normalized spacial score (nSPS) is 16.5. The average Bonchev–Trinajstić information content (AvgIpc) is 2.40. The fourth-order valence-electron chi connectivity index (χ4n) is 2.73. The largest absolute Gasteiger partial charge is 0.314 e. The van der Waals surface area contributed by atoms with Gasteiger partial charge in [0.15, 0.2) is 0 Å². The van der Waals surface area contributed by atoms with Gasteiger partial charge in [-0.05, 0) is 43.5 Å². The number of aryl methyl sites for hydroxylation is 1. The molecule has 1 heterocycles. The summed E-state index contributed by atoms with van der Waals surface area (Å²) in [6.07, 6.45) is 0.893. The number of hydrogen-bond donors (Lipinski definition) is 1. The minimum absolute atomic E-state index is 0. The zero-order valence-corrected chi connectivity index (χ0v) is 14.3. The van der Waals surface area contributed by atoms with Crippen molar-refractivity contribution in [2.75, 3.05) is 26.2 Å². The van der Waals surface area contributed by atoms with Crippen LogP contribution in [0.5, 0.6) is 0 Å². The molecule has 0 radical (unpaired) electrons. The van der Waals surface area contributed by atoms with Gasteiger partial charge in [0.2, 0.25) is 0 Å². The van der Waals surface area contributed by atoms with E-state index in [-0.39, 0.29) is 36.7 Å². The number of nitrogens with zero attached hydrogens (tertiary/aromatic N) is 1. The molecular formula is C16H25Cl2FN2. The molecule has 1 N–H and O–H groups in total. The van der Waals surface area contributed by atoms with Crippen LogP contribution in [0.25, 0.3) is 0 Å². The molecular weight excluding hydrogens is 310 g/mol. The Bertz CT molecular complexity index is 460. The summed E-state index contributed by atoms with van der Waals surface area (Å²) < 4.78 is 13.6. The summed E-state index contributed by atoms with van der Waals surface area (Å²) in [5.41, 5.74) is 3.41.